The Hall–Kier alpha value is -3.15. The van der Waals surface area contributed by atoms with Crippen molar-refractivity contribution in [2.75, 3.05) is 11.9 Å². The van der Waals surface area contributed by atoms with Gasteiger partial charge in [0.05, 0.1) is 0 Å². The molecule has 1 aromatic heterocycles. The van der Waals surface area contributed by atoms with E-state index in [-0.39, 0.29) is 11.8 Å². The average Bonchev–Trinajstić information content (AvgIpc) is 3.00. The topological polar surface area (TPSA) is 59.0 Å². The van der Waals surface area contributed by atoms with Crippen LogP contribution in [0, 0.1) is 26.6 Å². The summed E-state index contributed by atoms with van der Waals surface area (Å²) >= 11 is 0. The van der Waals surface area contributed by atoms with Crippen molar-refractivity contribution in [2.24, 2.45) is 0 Å². The number of halogens is 1. The van der Waals surface area contributed by atoms with Crippen LogP contribution in [0.3, 0.4) is 0 Å². The van der Waals surface area contributed by atoms with Gasteiger partial charge in [-0.15, -0.1) is 0 Å². The van der Waals surface area contributed by atoms with Crippen molar-refractivity contribution in [1.29, 1.82) is 0 Å². The van der Waals surface area contributed by atoms with E-state index < -0.39 is 0 Å². The lowest BCUT2D eigenvalue weighted by atomic mass is 10.1. The van der Waals surface area contributed by atoms with E-state index in [0.717, 1.165) is 28.3 Å². The first-order valence-electron chi connectivity index (χ1n) is 9.30. The van der Waals surface area contributed by atoms with Gasteiger partial charge in [0, 0.05) is 37.1 Å². The van der Waals surface area contributed by atoms with Crippen molar-refractivity contribution in [1.82, 2.24) is 14.9 Å². The molecule has 0 spiro atoms. The molecule has 0 fully saturated rings. The van der Waals surface area contributed by atoms with Crippen molar-refractivity contribution in [3.63, 3.8) is 0 Å². The van der Waals surface area contributed by atoms with Gasteiger partial charge in [0.1, 0.15) is 11.6 Å². The molecule has 0 radical (unpaired) electrons. The number of nitrogens with one attached hydrogen (secondary N) is 2. The fourth-order valence-electron chi connectivity index (χ4n) is 2.98. The molecule has 0 aliphatic rings. The first-order valence-corrected chi connectivity index (χ1v) is 9.30. The van der Waals surface area contributed by atoms with Crippen LogP contribution in [0.25, 0.3) is 0 Å². The number of carbonyl (C=O) groups is 1. The minimum atomic E-state index is -0.245. The third kappa shape index (κ3) is 4.97. The summed E-state index contributed by atoms with van der Waals surface area (Å²) in [6.07, 6.45) is 2.42. The molecule has 0 aliphatic carbocycles. The second-order valence-electron chi connectivity index (χ2n) is 6.96. The van der Waals surface area contributed by atoms with Gasteiger partial charge in [-0.25, -0.2) is 14.2 Å². The smallest absolute Gasteiger partial charge is 0.319 e. The number of aryl methyl sites for hydroxylation is 3. The Morgan fingerprint density at radius 1 is 1.07 bits per heavy atom. The minimum Gasteiger partial charge on any atom is -0.337 e. The zero-order valence-corrected chi connectivity index (χ0v) is 16.4. The van der Waals surface area contributed by atoms with Gasteiger partial charge in [0.15, 0.2) is 0 Å². The minimum absolute atomic E-state index is 0.239. The zero-order chi connectivity index (χ0) is 20.1. The molecule has 3 aromatic rings. The Morgan fingerprint density at radius 2 is 1.82 bits per heavy atom. The van der Waals surface area contributed by atoms with Crippen LogP contribution in [0.5, 0.6) is 0 Å². The van der Waals surface area contributed by atoms with E-state index in [1.165, 1.54) is 17.7 Å². The lowest BCUT2D eigenvalue weighted by Crippen LogP contribution is -2.31. The first-order chi connectivity index (χ1) is 13.4. The number of rotatable bonds is 6. The zero-order valence-electron chi connectivity index (χ0n) is 16.4. The highest BCUT2D eigenvalue weighted by atomic mass is 19.1. The molecule has 0 atom stereocenters. The number of nitrogens with zero attached hydrogens (tertiary/aromatic N) is 2. The molecule has 2 aromatic carbocycles. The summed E-state index contributed by atoms with van der Waals surface area (Å²) in [6.45, 7) is 7.13. The summed E-state index contributed by atoms with van der Waals surface area (Å²) in [4.78, 5) is 16.6. The quantitative estimate of drug-likeness (QED) is 0.667. The molecule has 1 heterocycles. The fourth-order valence-corrected chi connectivity index (χ4v) is 2.98. The maximum Gasteiger partial charge on any atom is 0.319 e. The molecule has 6 heteroatoms. The van der Waals surface area contributed by atoms with E-state index >= 15 is 0 Å². The molecule has 0 unspecified atom stereocenters. The maximum absolute atomic E-state index is 13.1. The number of carbonyl (C=O) groups excluding carboxylic acids is 1. The van der Waals surface area contributed by atoms with Crippen LogP contribution in [-0.4, -0.2) is 22.1 Å². The maximum atomic E-state index is 13.1. The number of hydrogen-bond donors (Lipinski definition) is 2. The molecular formula is C22H25FN4O. The second-order valence-corrected chi connectivity index (χ2v) is 6.96. The SMILES string of the molecule is Cc1ccc(NC(=O)NCCc2ncc(C)n2Cc2ccc(F)cc2)cc1C. The van der Waals surface area contributed by atoms with Gasteiger partial charge in [0.2, 0.25) is 0 Å². The molecule has 0 saturated carbocycles. The largest absolute Gasteiger partial charge is 0.337 e. The van der Waals surface area contributed by atoms with E-state index in [1.807, 2.05) is 45.2 Å². The van der Waals surface area contributed by atoms with Crippen LogP contribution in [0.1, 0.15) is 28.2 Å². The van der Waals surface area contributed by atoms with Gasteiger partial charge >= 0.3 is 6.03 Å². The Balaban J connectivity index is 1.55. The molecule has 3 rings (SSSR count). The van der Waals surface area contributed by atoms with Crippen molar-refractivity contribution < 1.29 is 9.18 Å². The highest BCUT2D eigenvalue weighted by Crippen LogP contribution is 2.14. The molecule has 28 heavy (non-hydrogen) atoms. The monoisotopic (exact) mass is 380 g/mol. The summed E-state index contributed by atoms with van der Waals surface area (Å²) in [5, 5.41) is 5.72. The van der Waals surface area contributed by atoms with E-state index in [9.17, 15) is 9.18 Å². The number of anilines is 1. The van der Waals surface area contributed by atoms with Gasteiger partial charge < -0.3 is 15.2 Å². The average molecular weight is 380 g/mol. The number of aromatic nitrogens is 2. The van der Waals surface area contributed by atoms with E-state index in [1.54, 1.807) is 12.1 Å². The van der Waals surface area contributed by atoms with Gasteiger partial charge in [-0.05, 0) is 61.7 Å². The first kappa shape index (κ1) is 19.6. The van der Waals surface area contributed by atoms with Gasteiger partial charge in [0.25, 0.3) is 0 Å². The predicted molar refractivity (Wildman–Crippen MR) is 109 cm³/mol. The van der Waals surface area contributed by atoms with Gasteiger partial charge in [-0.2, -0.15) is 0 Å². The summed E-state index contributed by atoms with van der Waals surface area (Å²) in [7, 11) is 0. The Labute approximate surface area is 164 Å². The molecule has 5 nitrogen and oxygen atoms in total. The molecule has 0 aliphatic heterocycles. The lowest BCUT2D eigenvalue weighted by molar-refractivity contribution is 0.252. The second kappa shape index (κ2) is 8.69. The van der Waals surface area contributed by atoms with E-state index in [0.29, 0.717) is 19.5 Å². The van der Waals surface area contributed by atoms with Crippen LogP contribution in [-0.2, 0) is 13.0 Å². The fraction of sp³-hybridized carbons (Fsp3) is 0.273. The summed E-state index contributed by atoms with van der Waals surface area (Å²) < 4.78 is 15.2. The number of amides is 2. The number of urea groups is 1. The molecule has 2 amide bonds. The standard InChI is InChI=1S/C22H25FN4O/c1-15-4-9-20(12-16(15)2)26-22(28)24-11-10-21-25-13-17(3)27(21)14-18-5-7-19(23)8-6-18/h4-9,12-13H,10-11,14H2,1-3H3,(H2,24,26,28). The third-order valence-corrected chi connectivity index (χ3v) is 4.79. The highest BCUT2D eigenvalue weighted by Gasteiger charge is 2.09. The molecule has 146 valence electrons. The summed E-state index contributed by atoms with van der Waals surface area (Å²) in [6, 6.07) is 12.0. The van der Waals surface area contributed by atoms with Crippen LogP contribution in [0.15, 0.2) is 48.7 Å². The Kier molecular flexibility index (Phi) is 6.09. The van der Waals surface area contributed by atoms with Gasteiger partial charge in [-0.3, -0.25) is 0 Å². The van der Waals surface area contributed by atoms with Crippen molar-refractivity contribution >= 4 is 11.7 Å². The number of hydrogen-bond acceptors (Lipinski definition) is 2. The van der Waals surface area contributed by atoms with Crippen LogP contribution < -0.4 is 10.6 Å². The normalized spacial score (nSPS) is 10.7. The molecule has 0 bridgehead atoms. The molecule has 0 saturated heterocycles. The number of benzene rings is 2. The third-order valence-electron chi connectivity index (χ3n) is 4.79. The van der Waals surface area contributed by atoms with Gasteiger partial charge in [-0.1, -0.05) is 18.2 Å². The van der Waals surface area contributed by atoms with Crippen LogP contribution >= 0.6 is 0 Å². The van der Waals surface area contributed by atoms with E-state index in [4.69, 9.17) is 0 Å². The van der Waals surface area contributed by atoms with Crippen molar-refractivity contribution in [2.45, 2.75) is 33.7 Å². The number of imidazole rings is 1. The van der Waals surface area contributed by atoms with Crippen molar-refractivity contribution in [3.8, 4) is 0 Å². The Morgan fingerprint density at radius 3 is 2.54 bits per heavy atom. The Bertz CT molecular complexity index is 963. The lowest BCUT2D eigenvalue weighted by Gasteiger charge is -2.12. The molecule has 2 N–H and O–H groups in total. The predicted octanol–water partition coefficient (Wildman–Crippen LogP) is 4.36. The van der Waals surface area contributed by atoms with Crippen LogP contribution in [0.2, 0.25) is 0 Å². The highest BCUT2D eigenvalue weighted by molar-refractivity contribution is 5.89. The summed E-state index contributed by atoms with van der Waals surface area (Å²) in [5.41, 5.74) is 5.13. The molecular weight excluding hydrogens is 355 g/mol. The van der Waals surface area contributed by atoms with Crippen molar-refractivity contribution in [3.05, 3.63) is 82.7 Å². The summed E-state index contributed by atoms with van der Waals surface area (Å²) in [5.74, 6) is 0.638. The van der Waals surface area contributed by atoms with E-state index in [2.05, 4.69) is 20.2 Å². The van der Waals surface area contributed by atoms with Crippen LogP contribution in [0.4, 0.5) is 14.9 Å².